The van der Waals surface area contributed by atoms with Crippen molar-refractivity contribution < 1.29 is 4.74 Å². The van der Waals surface area contributed by atoms with Gasteiger partial charge in [0.2, 0.25) is 0 Å². The summed E-state index contributed by atoms with van der Waals surface area (Å²) >= 11 is 0. The summed E-state index contributed by atoms with van der Waals surface area (Å²) in [5, 5.41) is 6.64. The second kappa shape index (κ2) is 7.09. The summed E-state index contributed by atoms with van der Waals surface area (Å²) in [6.07, 6.45) is 0. The molecule has 0 amide bonds. The summed E-state index contributed by atoms with van der Waals surface area (Å²) < 4.78 is 5.47. The first-order chi connectivity index (χ1) is 12.4. The van der Waals surface area contributed by atoms with E-state index in [4.69, 9.17) is 4.74 Å². The molecule has 0 aliphatic heterocycles. The minimum absolute atomic E-state index is 0.648. The van der Waals surface area contributed by atoms with Crippen LogP contribution in [-0.4, -0.2) is 7.11 Å². The molecule has 122 valence electrons. The first kappa shape index (κ1) is 15.9. The Labute approximate surface area is 149 Å². The van der Waals surface area contributed by atoms with Crippen molar-refractivity contribution in [3.8, 4) is 5.75 Å². The molecule has 0 aliphatic rings. The minimum Gasteiger partial charge on any atom is -0.497 e. The predicted molar refractivity (Wildman–Crippen MR) is 109 cm³/mol. The first-order valence-electron chi connectivity index (χ1n) is 8.34. The molecule has 0 spiro atoms. The van der Waals surface area contributed by atoms with E-state index in [0.29, 0.717) is 0 Å². The third kappa shape index (κ3) is 3.16. The average Bonchev–Trinajstić information content (AvgIpc) is 2.69. The Bertz CT molecular complexity index is 990. The van der Waals surface area contributed by atoms with E-state index >= 15 is 0 Å². The van der Waals surface area contributed by atoms with Gasteiger partial charge in [0.25, 0.3) is 0 Å². The number of fused-ring (bicyclic) bond motifs is 1. The number of benzene rings is 4. The number of rotatable bonds is 4. The van der Waals surface area contributed by atoms with Gasteiger partial charge in [0.15, 0.2) is 0 Å². The summed E-state index contributed by atoms with van der Waals surface area (Å²) in [6.45, 7) is 0. The predicted octanol–water partition coefficient (Wildman–Crippen LogP) is 4.61. The maximum absolute atomic E-state index is 5.47. The Morgan fingerprint density at radius 2 is 1.32 bits per heavy atom. The van der Waals surface area contributed by atoms with Gasteiger partial charge in [-0.25, -0.2) is 0 Å². The Morgan fingerprint density at radius 3 is 2.16 bits per heavy atom. The fraction of sp³-hybridized carbons (Fsp3) is 0.0435. The summed E-state index contributed by atoms with van der Waals surface area (Å²) in [5.41, 5.74) is 0. The molecule has 0 aliphatic carbocycles. The van der Waals surface area contributed by atoms with Crippen molar-refractivity contribution in [2.45, 2.75) is 0 Å². The van der Waals surface area contributed by atoms with Crippen molar-refractivity contribution >= 4 is 34.6 Å². The number of hydrogen-bond acceptors (Lipinski definition) is 1. The van der Waals surface area contributed by atoms with E-state index in [2.05, 4.69) is 91.0 Å². The van der Waals surface area contributed by atoms with Gasteiger partial charge < -0.3 is 4.74 Å². The molecule has 25 heavy (non-hydrogen) atoms. The zero-order chi connectivity index (χ0) is 17.1. The quantitative estimate of drug-likeness (QED) is 0.492. The van der Waals surface area contributed by atoms with E-state index in [1.54, 1.807) is 7.11 Å². The molecule has 0 N–H and O–H groups in total. The third-order valence-electron chi connectivity index (χ3n) is 4.33. The van der Waals surface area contributed by atoms with Crippen LogP contribution in [0.15, 0.2) is 97.1 Å². The second-order valence-electron chi connectivity index (χ2n) is 5.87. The molecular weight excluding hydrogens is 323 g/mol. The van der Waals surface area contributed by atoms with E-state index in [-0.39, 0.29) is 0 Å². The van der Waals surface area contributed by atoms with Gasteiger partial charge in [0.1, 0.15) is 5.75 Å². The van der Waals surface area contributed by atoms with Gasteiger partial charge in [-0.3, -0.25) is 0 Å². The molecule has 1 nitrogen and oxygen atoms in total. The topological polar surface area (TPSA) is 9.23 Å². The molecule has 0 heterocycles. The van der Waals surface area contributed by atoms with Gasteiger partial charge in [-0.1, -0.05) is 84.9 Å². The molecule has 4 rings (SSSR count). The summed E-state index contributed by atoms with van der Waals surface area (Å²) in [4.78, 5) is 0. The standard InChI is InChI=1S/C23H19OP/c1-24-19-11-8-14-21(17-19)25(20-12-3-2-4-13-20)23-16-7-10-18-9-5-6-15-22(18)23/h2-17H,1H3. The fourth-order valence-corrected chi connectivity index (χ4v) is 5.65. The second-order valence-corrected chi connectivity index (χ2v) is 8.06. The highest BCUT2D eigenvalue weighted by atomic mass is 31.1. The lowest BCUT2D eigenvalue weighted by atomic mass is 10.1. The monoisotopic (exact) mass is 342 g/mol. The van der Waals surface area contributed by atoms with Gasteiger partial charge >= 0.3 is 0 Å². The Kier molecular flexibility index (Phi) is 4.50. The maximum atomic E-state index is 5.47. The molecule has 4 aromatic rings. The summed E-state index contributed by atoms with van der Waals surface area (Å²) in [5.74, 6) is 0.904. The molecule has 0 fully saturated rings. The van der Waals surface area contributed by atoms with Crippen LogP contribution in [0.4, 0.5) is 0 Å². The highest BCUT2D eigenvalue weighted by Crippen LogP contribution is 2.36. The molecule has 0 bridgehead atoms. The molecule has 0 radical (unpaired) electrons. The van der Waals surface area contributed by atoms with Crippen LogP contribution in [-0.2, 0) is 0 Å². The number of ether oxygens (including phenoxy) is 1. The third-order valence-corrected chi connectivity index (χ3v) is 6.81. The smallest absolute Gasteiger partial charge is 0.119 e. The zero-order valence-electron chi connectivity index (χ0n) is 14.1. The van der Waals surface area contributed by atoms with Crippen molar-refractivity contribution in [1.29, 1.82) is 0 Å². The van der Waals surface area contributed by atoms with Crippen molar-refractivity contribution in [2.24, 2.45) is 0 Å². The van der Waals surface area contributed by atoms with Gasteiger partial charge in [-0.05, 0) is 46.7 Å². The molecule has 1 atom stereocenters. The van der Waals surface area contributed by atoms with Crippen molar-refractivity contribution in [1.82, 2.24) is 0 Å². The lowest BCUT2D eigenvalue weighted by Crippen LogP contribution is -2.21. The van der Waals surface area contributed by atoms with E-state index in [1.165, 1.54) is 26.7 Å². The van der Waals surface area contributed by atoms with Crippen molar-refractivity contribution in [3.63, 3.8) is 0 Å². The largest absolute Gasteiger partial charge is 0.497 e. The van der Waals surface area contributed by atoms with E-state index in [9.17, 15) is 0 Å². The van der Waals surface area contributed by atoms with Gasteiger partial charge in [0.05, 0.1) is 7.11 Å². The number of hydrogen-bond donors (Lipinski definition) is 0. The minimum atomic E-state index is -0.648. The Balaban J connectivity index is 1.97. The molecule has 0 saturated heterocycles. The van der Waals surface area contributed by atoms with Crippen LogP contribution in [0.25, 0.3) is 10.8 Å². The summed E-state index contributed by atoms with van der Waals surface area (Å²) in [6, 6.07) is 34.5. The van der Waals surface area contributed by atoms with Crippen molar-refractivity contribution in [2.75, 3.05) is 7.11 Å². The van der Waals surface area contributed by atoms with Crippen LogP contribution in [0.3, 0.4) is 0 Å². The van der Waals surface area contributed by atoms with Gasteiger partial charge in [0, 0.05) is 0 Å². The van der Waals surface area contributed by atoms with Gasteiger partial charge in [-0.2, -0.15) is 0 Å². The van der Waals surface area contributed by atoms with Crippen LogP contribution in [0.5, 0.6) is 5.75 Å². The lowest BCUT2D eigenvalue weighted by Gasteiger charge is -2.21. The Hall–Kier alpha value is -2.63. The summed E-state index contributed by atoms with van der Waals surface area (Å²) in [7, 11) is 1.08. The highest BCUT2D eigenvalue weighted by molar-refractivity contribution is 7.80. The van der Waals surface area contributed by atoms with E-state index < -0.39 is 7.92 Å². The highest BCUT2D eigenvalue weighted by Gasteiger charge is 2.19. The van der Waals surface area contributed by atoms with Crippen LogP contribution in [0, 0.1) is 0 Å². The van der Waals surface area contributed by atoms with Crippen molar-refractivity contribution in [3.05, 3.63) is 97.1 Å². The molecule has 0 aromatic heterocycles. The van der Waals surface area contributed by atoms with Crippen LogP contribution in [0.1, 0.15) is 0 Å². The first-order valence-corrected chi connectivity index (χ1v) is 9.68. The molecule has 0 saturated carbocycles. The van der Waals surface area contributed by atoms with Gasteiger partial charge in [-0.15, -0.1) is 0 Å². The van der Waals surface area contributed by atoms with Crippen LogP contribution >= 0.6 is 7.92 Å². The Morgan fingerprint density at radius 1 is 0.640 bits per heavy atom. The molecule has 2 heteroatoms. The fourth-order valence-electron chi connectivity index (χ4n) is 3.16. The van der Waals surface area contributed by atoms with E-state index in [0.717, 1.165) is 5.75 Å². The molecular formula is C23H19OP. The van der Waals surface area contributed by atoms with Crippen LogP contribution < -0.4 is 20.7 Å². The normalized spacial score (nSPS) is 12.0. The SMILES string of the molecule is COc1cccc(P(c2ccccc2)c2cccc3ccccc23)c1. The average molecular weight is 342 g/mol. The maximum Gasteiger partial charge on any atom is 0.119 e. The molecule has 4 aromatic carbocycles. The van der Waals surface area contributed by atoms with E-state index in [1.807, 2.05) is 6.07 Å². The lowest BCUT2D eigenvalue weighted by molar-refractivity contribution is 0.415. The van der Waals surface area contributed by atoms with Crippen LogP contribution in [0.2, 0.25) is 0 Å². The molecule has 1 unspecified atom stereocenters. The zero-order valence-corrected chi connectivity index (χ0v) is 15.0. The number of methoxy groups -OCH3 is 1.